The van der Waals surface area contributed by atoms with Crippen LogP contribution in [0.4, 0.5) is 0 Å². The van der Waals surface area contributed by atoms with Crippen molar-refractivity contribution in [1.29, 1.82) is 0 Å². The van der Waals surface area contributed by atoms with Crippen LogP contribution in [0.3, 0.4) is 0 Å². The number of rotatable bonds is 6. The first kappa shape index (κ1) is 16.7. The summed E-state index contributed by atoms with van der Waals surface area (Å²) >= 11 is 0. The molecule has 0 aromatic heterocycles. The zero-order chi connectivity index (χ0) is 15.8. The molecule has 0 saturated carbocycles. The Hall–Kier alpha value is -2.37. The molecule has 0 aliphatic carbocycles. The van der Waals surface area contributed by atoms with Gasteiger partial charge >= 0.3 is 11.9 Å². The molecule has 0 aromatic rings. The number of ether oxygens (including phenoxy) is 2. The lowest BCUT2D eigenvalue weighted by Gasteiger charge is -2.15. The third kappa shape index (κ3) is 7.10. The average Bonchev–Trinajstić information content (AvgIpc) is 2.39. The molecule has 21 heavy (non-hydrogen) atoms. The number of hydrogen-bond donors (Lipinski definition) is 1. The molecule has 1 N–H and O–H groups in total. The van der Waals surface area contributed by atoms with Crippen LogP contribution in [0.2, 0.25) is 0 Å². The highest BCUT2D eigenvalue weighted by atomic mass is 16.5. The van der Waals surface area contributed by atoms with Crippen molar-refractivity contribution < 1.29 is 23.9 Å². The Morgan fingerprint density at radius 3 is 2.52 bits per heavy atom. The Morgan fingerprint density at radius 1 is 1.33 bits per heavy atom. The van der Waals surface area contributed by atoms with Crippen LogP contribution in [-0.4, -0.2) is 31.1 Å². The van der Waals surface area contributed by atoms with Crippen molar-refractivity contribution in [1.82, 2.24) is 5.32 Å². The van der Waals surface area contributed by atoms with Gasteiger partial charge in [0.1, 0.15) is 6.61 Å². The minimum absolute atomic E-state index is 0.0172. The highest BCUT2D eigenvalue weighted by molar-refractivity contribution is 5.92. The fraction of sp³-hybridized carbons (Fsp3) is 0.400. The Bertz CT molecular complexity index is 502. The molecule has 1 aliphatic rings. The zero-order valence-electron chi connectivity index (χ0n) is 12.2. The second kappa shape index (κ2) is 8.04. The number of allylic oxidation sites excluding steroid dienone is 1. The van der Waals surface area contributed by atoms with Crippen LogP contribution in [0.15, 0.2) is 36.1 Å². The standard InChI is InChI=1S/C15H19NO5/c1-10(2)8-20-14(18)4-5-15(19)21-9-12-6-11(3)16-13(17)7-12/h4-5,7,10H,3,6,8-9H2,1-2H3,(H,16,17)/b5-4+. The molecule has 114 valence electrons. The van der Waals surface area contributed by atoms with E-state index in [0.29, 0.717) is 24.3 Å². The first-order valence-electron chi connectivity index (χ1n) is 6.56. The highest BCUT2D eigenvalue weighted by Crippen LogP contribution is 2.12. The third-order valence-corrected chi connectivity index (χ3v) is 2.39. The summed E-state index contributed by atoms with van der Waals surface area (Å²) in [4.78, 5) is 33.9. The van der Waals surface area contributed by atoms with E-state index in [-0.39, 0.29) is 18.4 Å². The Balaban J connectivity index is 2.35. The van der Waals surface area contributed by atoms with Gasteiger partial charge in [-0.15, -0.1) is 0 Å². The Labute approximate surface area is 123 Å². The molecule has 0 unspecified atom stereocenters. The van der Waals surface area contributed by atoms with Gasteiger partial charge in [-0.05, 0) is 11.5 Å². The molecule has 6 heteroatoms. The van der Waals surface area contributed by atoms with Crippen LogP contribution in [-0.2, 0) is 23.9 Å². The topological polar surface area (TPSA) is 81.7 Å². The minimum atomic E-state index is -0.672. The fourth-order valence-corrected chi connectivity index (χ4v) is 1.50. The van der Waals surface area contributed by atoms with Crippen LogP contribution in [0.5, 0.6) is 0 Å². The van der Waals surface area contributed by atoms with E-state index in [9.17, 15) is 14.4 Å². The predicted molar refractivity (Wildman–Crippen MR) is 75.9 cm³/mol. The number of nitrogens with one attached hydrogen (secondary N) is 1. The van der Waals surface area contributed by atoms with Gasteiger partial charge in [-0.2, -0.15) is 0 Å². The predicted octanol–water partition coefficient (Wildman–Crippen LogP) is 1.24. The summed E-state index contributed by atoms with van der Waals surface area (Å²) in [6.45, 7) is 7.74. The van der Waals surface area contributed by atoms with E-state index in [0.717, 1.165) is 12.2 Å². The first-order chi connectivity index (χ1) is 9.86. The zero-order valence-corrected chi connectivity index (χ0v) is 12.2. The molecular weight excluding hydrogens is 274 g/mol. The largest absolute Gasteiger partial charge is 0.462 e. The number of carbonyl (C=O) groups is 3. The summed E-state index contributed by atoms with van der Waals surface area (Å²) in [5.41, 5.74) is 1.20. The van der Waals surface area contributed by atoms with Crippen molar-refractivity contribution in [2.24, 2.45) is 5.92 Å². The van der Waals surface area contributed by atoms with Crippen molar-refractivity contribution in [3.8, 4) is 0 Å². The second-order valence-electron chi connectivity index (χ2n) is 5.04. The van der Waals surface area contributed by atoms with Gasteiger partial charge in [-0.3, -0.25) is 4.79 Å². The highest BCUT2D eigenvalue weighted by Gasteiger charge is 2.13. The molecule has 1 rings (SSSR count). The molecule has 0 aromatic carbocycles. The molecule has 1 amide bonds. The minimum Gasteiger partial charge on any atom is -0.462 e. The van der Waals surface area contributed by atoms with Crippen LogP contribution < -0.4 is 5.32 Å². The van der Waals surface area contributed by atoms with E-state index in [4.69, 9.17) is 9.47 Å². The molecule has 6 nitrogen and oxygen atoms in total. The van der Waals surface area contributed by atoms with Gasteiger partial charge in [0.2, 0.25) is 5.91 Å². The molecule has 0 atom stereocenters. The maximum atomic E-state index is 11.4. The van der Waals surface area contributed by atoms with Crippen LogP contribution >= 0.6 is 0 Å². The van der Waals surface area contributed by atoms with Crippen LogP contribution in [0, 0.1) is 5.92 Å². The second-order valence-corrected chi connectivity index (χ2v) is 5.04. The quantitative estimate of drug-likeness (QED) is 0.588. The summed E-state index contributed by atoms with van der Waals surface area (Å²) in [7, 11) is 0. The average molecular weight is 293 g/mol. The van der Waals surface area contributed by atoms with Gasteiger partial charge in [0.25, 0.3) is 0 Å². The van der Waals surface area contributed by atoms with Crippen LogP contribution in [0.25, 0.3) is 0 Å². The first-order valence-corrected chi connectivity index (χ1v) is 6.56. The molecule has 0 fully saturated rings. The number of esters is 2. The molecule has 0 radical (unpaired) electrons. The lowest BCUT2D eigenvalue weighted by Crippen LogP contribution is -2.26. The smallest absolute Gasteiger partial charge is 0.331 e. The summed E-state index contributed by atoms with van der Waals surface area (Å²) in [5, 5.41) is 2.53. The van der Waals surface area contributed by atoms with Crippen molar-refractivity contribution >= 4 is 17.8 Å². The molecule has 1 heterocycles. The summed E-state index contributed by atoms with van der Waals surface area (Å²) in [6, 6.07) is 0. The van der Waals surface area contributed by atoms with E-state index in [2.05, 4.69) is 11.9 Å². The van der Waals surface area contributed by atoms with Gasteiger partial charge in [0.15, 0.2) is 0 Å². The monoisotopic (exact) mass is 293 g/mol. The Morgan fingerprint density at radius 2 is 1.95 bits per heavy atom. The van der Waals surface area contributed by atoms with Gasteiger partial charge < -0.3 is 14.8 Å². The lowest BCUT2D eigenvalue weighted by molar-refractivity contribution is -0.140. The normalized spacial score (nSPS) is 14.9. The molecule has 1 aliphatic heterocycles. The summed E-state index contributed by atoms with van der Waals surface area (Å²) in [6.07, 6.45) is 3.83. The van der Waals surface area contributed by atoms with E-state index in [1.807, 2.05) is 13.8 Å². The number of hydrogen-bond acceptors (Lipinski definition) is 5. The van der Waals surface area contributed by atoms with Crippen LogP contribution in [0.1, 0.15) is 20.3 Å². The molecule has 0 saturated heterocycles. The summed E-state index contributed by atoms with van der Waals surface area (Å²) in [5.74, 6) is -1.32. The van der Waals surface area contributed by atoms with Gasteiger partial charge in [0, 0.05) is 30.3 Å². The third-order valence-electron chi connectivity index (χ3n) is 2.39. The lowest BCUT2D eigenvalue weighted by atomic mass is 10.1. The van der Waals surface area contributed by atoms with Gasteiger partial charge in [0.05, 0.1) is 6.61 Å². The number of amides is 1. The van der Waals surface area contributed by atoms with E-state index in [1.54, 1.807) is 0 Å². The number of carbonyl (C=O) groups excluding carboxylic acids is 3. The van der Waals surface area contributed by atoms with Crippen molar-refractivity contribution in [3.63, 3.8) is 0 Å². The van der Waals surface area contributed by atoms with Crippen molar-refractivity contribution in [2.45, 2.75) is 20.3 Å². The van der Waals surface area contributed by atoms with E-state index in [1.165, 1.54) is 6.08 Å². The SMILES string of the molecule is C=C1CC(COC(=O)/C=C/C(=O)OCC(C)C)=CC(=O)N1. The fourth-order valence-electron chi connectivity index (χ4n) is 1.50. The molecular formula is C15H19NO5. The maximum Gasteiger partial charge on any atom is 0.331 e. The maximum absolute atomic E-state index is 11.4. The van der Waals surface area contributed by atoms with Gasteiger partial charge in [-0.1, -0.05) is 20.4 Å². The van der Waals surface area contributed by atoms with Gasteiger partial charge in [-0.25, -0.2) is 9.59 Å². The van der Waals surface area contributed by atoms with E-state index < -0.39 is 11.9 Å². The van der Waals surface area contributed by atoms with Crippen molar-refractivity contribution in [3.05, 3.63) is 36.1 Å². The Kier molecular flexibility index (Phi) is 6.39. The van der Waals surface area contributed by atoms with E-state index >= 15 is 0 Å². The van der Waals surface area contributed by atoms with Crippen molar-refractivity contribution in [2.75, 3.05) is 13.2 Å². The summed E-state index contributed by atoms with van der Waals surface area (Å²) < 4.78 is 9.80. The molecule has 0 spiro atoms. The molecule has 0 bridgehead atoms.